The molecule has 3 N–H and O–H groups in total. The normalized spacial score (nSPS) is 18.0. The van der Waals surface area contributed by atoms with E-state index < -0.39 is 6.10 Å². The lowest BCUT2D eigenvalue weighted by Crippen LogP contribution is -2.47. The fourth-order valence-electron chi connectivity index (χ4n) is 2.74. The van der Waals surface area contributed by atoms with E-state index in [1.54, 1.807) is 25.5 Å². The van der Waals surface area contributed by atoms with Crippen molar-refractivity contribution in [3.05, 3.63) is 47.8 Å². The second-order valence-corrected chi connectivity index (χ2v) is 5.76. The van der Waals surface area contributed by atoms with Gasteiger partial charge in [-0.25, -0.2) is 14.1 Å². The minimum atomic E-state index is -0.738. The van der Waals surface area contributed by atoms with Crippen LogP contribution in [0.25, 0.3) is 0 Å². The largest absolute Gasteiger partial charge is 0.387 e. The summed E-state index contributed by atoms with van der Waals surface area (Å²) in [6, 6.07) is 6.02. The van der Waals surface area contributed by atoms with Crippen LogP contribution < -0.4 is 10.6 Å². The Balaban J connectivity index is 0.00000225. The molecule has 7 nitrogen and oxygen atoms in total. The van der Waals surface area contributed by atoms with E-state index in [1.165, 1.54) is 12.1 Å². The maximum absolute atomic E-state index is 12.9. The van der Waals surface area contributed by atoms with Gasteiger partial charge in [0.05, 0.1) is 12.6 Å². The van der Waals surface area contributed by atoms with Gasteiger partial charge in [0.15, 0.2) is 5.96 Å². The summed E-state index contributed by atoms with van der Waals surface area (Å²) >= 11 is 0. The van der Waals surface area contributed by atoms with Crippen molar-refractivity contribution in [3.63, 3.8) is 0 Å². The summed E-state index contributed by atoms with van der Waals surface area (Å²) in [5.74, 6) is 1.30. The van der Waals surface area contributed by atoms with Crippen LogP contribution in [0.2, 0.25) is 0 Å². The van der Waals surface area contributed by atoms with Gasteiger partial charge in [0.2, 0.25) is 0 Å². The fraction of sp³-hybridized carbons (Fsp3) is 0.438. The molecule has 2 heterocycles. The number of aliphatic hydroxyl groups is 1. The van der Waals surface area contributed by atoms with E-state index >= 15 is 0 Å². The molecule has 136 valence electrons. The first kappa shape index (κ1) is 19.6. The van der Waals surface area contributed by atoms with E-state index in [-0.39, 0.29) is 42.4 Å². The van der Waals surface area contributed by atoms with Gasteiger partial charge in [0.25, 0.3) is 0 Å². The van der Waals surface area contributed by atoms with Crippen LogP contribution in [0, 0.1) is 5.82 Å². The van der Waals surface area contributed by atoms with Gasteiger partial charge in [0, 0.05) is 26.1 Å². The summed E-state index contributed by atoms with van der Waals surface area (Å²) in [4.78, 5) is 8.39. The van der Waals surface area contributed by atoms with Crippen molar-refractivity contribution < 1.29 is 9.50 Å². The van der Waals surface area contributed by atoms with Gasteiger partial charge in [-0.2, -0.15) is 5.10 Å². The number of aliphatic hydroxyl groups excluding tert-OH is 1. The van der Waals surface area contributed by atoms with Crippen molar-refractivity contribution >= 4 is 29.9 Å². The smallest absolute Gasteiger partial charge is 0.191 e. The molecule has 0 bridgehead atoms. The van der Waals surface area contributed by atoms with Crippen molar-refractivity contribution in [2.24, 2.45) is 4.99 Å². The Bertz CT molecular complexity index is 705. The highest BCUT2D eigenvalue weighted by Crippen LogP contribution is 2.13. The number of benzene rings is 1. The Kier molecular flexibility index (Phi) is 7.12. The highest BCUT2D eigenvalue weighted by atomic mass is 127. The average molecular weight is 460 g/mol. The number of halogens is 2. The summed E-state index contributed by atoms with van der Waals surface area (Å²) in [6.07, 6.45) is 2.65. The van der Waals surface area contributed by atoms with E-state index in [4.69, 9.17) is 0 Å². The van der Waals surface area contributed by atoms with Gasteiger partial charge in [0.1, 0.15) is 18.0 Å². The van der Waals surface area contributed by atoms with Crippen molar-refractivity contribution in [3.8, 4) is 0 Å². The van der Waals surface area contributed by atoms with Gasteiger partial charge < -0.3 is 15.7 Å². The highest BCUT2D eigenvalue weighted by molar-refractivity contribution is 14.0. The molecule has 0 spiro atoms. The molecule has 1 aromatic carbocycles. The Morgan fingerprint density at radius 3 is 2.92 bits per heavy atom. The Hall–Kier alpha value is -1.75. The average Bonchev–Trinajstić information content (AvgIpc) is 3.06. The summed E-state index contributed by atoms with van der Waals surface area (Å²) in [7, 11) is 1.68. The number of hydrogen-bond donors (Lipinski definition) is 3. The molecule has 0 saturated heterocycles. The molecule has 2 unspecified atom stereocenters. The summed E-state index contributed by atoms with van der Waals surface area (Å²) < 4.78 is 14.8. The first-order chi connectivity index (χ1) is 11.7. The Morgan fingerprint density at radius 1 is 1.44 bits per heavy atom. The van der Waals surface area contributed by atoms with Gasteiger partial charge in [-0.1, -0.05) is 12.1 Å². The summed E-state index contributed by atoms with van der Waals surface area (Å²) in [5.41, 5.74) is 0.657. The lowest BCUT2D eigenvalue weighted by atomic mass is 10.1. The molecule has 1 aromatic heterocycles. The summed E-state index contributed by atoms with van der Waals surface area (Å²) in [5, 5.41) is 20.8. The first-order valence-corrected chi connectivity index (χ1v) is 7.93. The van der Waals surface area contributed by atoms with Crippen LogP contribution in [-0.4, -0.2) is 45.5 Å². The number of hydrogen-bond acceptors (Lipinski definition) is 4. The van der Waals surface area contributed by atoms with E-state index in [0.717, 1.165) is 25.2 Å². The molecule has 3 rings (SSSR count). The van der Waals surface area contributed by atoms with Crippen LogP contribution in [0.1, 0.15) is 23.9 Å². The molecule has 2 atom stereocenters. The zero-order chi connectivity index (χ0) is 16.9. The van der Waals surface area contributed by atoms with Crippen molar-refractivity contribution in [1.82, 2.24) is 25.4 Å². The van der Waals surface area contributed by atoms with Crippen LogP contribution in [-0.2, 0) is 13.0 Å². The number of guanidine groups is 1. The Morgan fingerprint density at radius 2 is 2.20 bits per heavy atom. The molecule has 9 heteroatoms. The molecule has 0 aliphatic carbocycles. The molecule has 25 heavy (non-hydrogen) atoms. The zero-order valence-corrected chi connectivity index (χ0v) is 16.2. The maximum atomic E-state index is 12.9. The minimum Gasteiger partial charge on any atom is -0.387 e. The van der Waals surface area contributed by atoms with Crippen molar-refractivity contribution in [1.29, 1.82) is 0 Å². The lowest BCUT2D eigenvalue weighted by Gasteiger charge is -2.25. The molecule has 0 saturated carbocycles. The number of aliphatic imine (C=N–C) groups is 1. The van der Waals surface area contributed by atoms with Crippen LogP contribution in [0.5, 0.6) is 0 Å². The summed E-state index contributed by atoms with van der Waals surface area (Å²) in [6.45, 7) is 1.02. The SMILES string of the molecule is CN=C(NCC(O)c1ccc(F)cc1)NC1CCc2ncnn2C1.I. The molecular weight excluding hydrogens is 438 g/mol. The van der Waals surface area contributed by atoms with Gasteiger partial charge in [-0.05, 0) is 24.1 Å². The van der Waals surface area contributed by atoms with Crippen LogP contribution in [0.4, 0.5) is 4.39 Å². The molecule has 0 amide bonds. The van der Waals surface area contributed by atoms with Crippen LogP contribution >= 0.6 is 24.0 Å². The molecule has 1 aliphatic rings. The second kappa shape index (κ2) is 9.09. The first-order valence-electron chi connectivity index (χ1n) is 7.93. The van der Waals surface area contributed by atoms with Crippen molar-refractivity contribution in [2.75, 3.05) is 13.6 Å². The number of nitrogens with zero attached hydrogens (tertiary/aromatic N) is 4. The fourth-order valence-corrected chi connectivity index (χ4v) is 2.74. The van der Waals surface area contributed by atoms with E-state index in [1.807, 2.05) is 4.68 Å². The number of aryl methyl sites for hydroxylation is 1. The predicted molar refractivity (Wildman–Crippen MR) is 103 cm³/mol. The van der Waals surface area contributed by atoms with Crippen molar-refractivity contribution in [2.45, 2.75) is 31.5 Å². The zero-order valence-electron chi connectivity index (χ0n) is 13.9. The minimum absolute atomic E-state index is 0. The van der Waals surface area contributed by atoms with E-state index in [2.05, 4.69) is 25.7 Å². The third kappa shape index (κ3) is 5.11. The molecule has 1 aliphatic heterocycles. The maximum Gasteiger partial charge on any atom is 0.191 e. The van der Waals surface area contributed by atoms with Crippen LogP contribution in [0.3, 0.4) is 0 Å². The number of nitrogens with one attached hydrogen (secondary N) is 2. The quantitative estimate of drug-likeness (QED) is 0.363. The van der Waals surface area contributed by atoms with E-state index in [9.17, 15) is 9.50 Å². The van der Waals surface area contributed by atoms with Gasteiger partial charge >= 0.3 is 0 Å². The predicted octanol–water partition coefficient (Wildman–Crippen LogP) is 1.25. The van der Waals surface area contributed by atoms with Gasteiger partial charge in [-0.15, -0.1) is 24.0 Å². The monoisotopic (exact) mass is 460 g/mol. The second-order valence-electron chi connectivity index (χ2n) is 5.76. The number of fused-ring (bicyclic) bond motifs is 1. The Labute approximate surface area is 162 Å². The lowest BCUT2D eigenvalue weighted by molar-refractivity contribution is 0.180. The number of rotatable bonds is 4. The van der Waals surface area contributed by atoms with E-state index in [0.29, 0.717) is 11.5 Å². The third-order valence-electron chi connectivity index (χ3n) is 4.09. The number of aromatic nitrogens is 3. The third-order valence-corrected chi connectivity index (χ3v) is 4.09. The molecule has 0 fully saturated rings. The van der Waals surface area contributed by atoms with Crippen LogP contribution in [0.15, 0.2) is 35.6 Å². The topological polar surface area (TPSA) is 87.4 Å². The standard InChI is InChI=1S/C16H21FN6O.HI/c1-18-16(19-8-14(24)11-2-4-12(17)5-3-11)22-13-6-7-15-20-10-21-23(15)9-13;/h2-5,10,13-14,24H,6-9H2,1H3,(H2,18,19,22);1H. The molecule has 0 radical (unpaired) electrons. The molecule has 2 aromatic rings. The molecular formula is C16H22FIN6O. The highest BCUT2D eigenvalue weighted by Gasteiger charge is 2.20. The van der Waals surface area contributed by atoms with Gasteiger partial charge in [-0.3, -0.25) is 4.99 Å².